The lowest BCUT2D eigenvalue weighted by Gasteiger charge is -2.22. The number of anilines is 2. The molecule has 2 aliphatic heterocycles. The van der Waals surface area contributed by atoms with Gasteiger partial charge in [0.25, 0.3) is 5.69 Å². The van der Waals surface area contributed by atoms with Crippen molar-refractivity contribution in [2.75, 3.05) is 28.4 Å². The van der Waals surface area contributed by atoms with Crippen molar-refractivity contribution in [2.45, 2.75) is 12.1 Å². The van der Waals surface area contributed by atoms with E-state index in [2.05, 4.69) is 0 Å². The molecule has 2 amide bonds. The van der Waals surface area contributed by atoms with E-state index in [1.54, 1.807) is 30.3 Å². The van der Waals surface area contributed by atoms with Crippen LogP contribution in [-0.4, -0.2) is 50.1 Å². The number of urea groups is 1. The number of ether oxygens (including phenoxy) is 1. The Hall–Kier alpha value is -3.14. The summed E-state index contributed by atoms with van der Waals surface area (Å²) in [4.78, 5) is 26.6. The van der Waals surface area contributed by atoms with Crippen LogP contribution in [0.2, 0.25) is 0 Å². The number of non-ortho nitro benzene ring substituents is 1. The third-order valence-electron chi connectivity index (χ3n) is 5.04. The Kier molecular flexibility index (Phi) is 4.22. The zero-order valence-corrected chi connectivity index (χ0v) is 15.7. The van der Waals surface area contributed by atoms with Crippen molar-refractivity contribution in [1.82, 2.24) is 0 Å². The van der Waals surface area contributed by atoms with E-state index >= 15 is 0 Å². The van der Waals surface area contributed by atoms with Crippen molar-refractivity contribution in [2.24, 2.45) is 0 Å². The van der Waals surface area contributed by atoms with Crippen LogP contribution in [0.5, 0.6) is 5.75 Å². The van der Waals surface area contributed by atoms with Gasteiger partial charge >= 0.3 is 6.03 Å². The molecular formula is C18H17N3O6S. The van der Waals surface area contributed by atoms with Crippen LogP contribution in [0.1, 0.15) is 0 Å². The summed E-state index contributed by atoms with van der Waals surface area (Å²) in [5, 5.41) is 11.1. The molecule has 2 heterocycles. The summed E-state index contributed by atoms with van der Waals surface area (Å²) < 4.78 is 29.7. The molecule has 10 heteroatoms. The molecule has 0 unspecified atom stereocenters. The lowest BCUT2D eigenvalue weighted by Crippen LogP contribution is -2.37. The maximum Gasteiger partial charge on any atom is 0.329 e. The second kappa shape index (κ2) is 6.48. The molecule has 0 spiro atoms. The predicted molar refractivity (Wildman–Crippen MR) is 103 cm³/mol. The fraction of sp³-hybridized carbons (Fsp3) is 0.278. The van der Waals surface area contributed by atoms with Crippen molar-refractivity contribution >= 4 is 32.9 Å². The van der Waals surface area contributed by atoms with Crippen LogP contribution in [0.25, 0.3) is 0 Å². The average Bonchev–Trinajstić information content (AvgIpc) is 3.10. The topological polar surface area (TPSA) is 110 Å². The summed E-state index contributed by atoms with van der Waals surface area (Å²) >= 11 is 0. The molecule has 0 aliphatic carbocycles. The molecule has 2 saturated heterocycles. The van der Waals surface area contributed by atoms with Crippen molar-refractivity contribution in [3.05, 3.63) is 58.6 Å². The fourth-order valence-corrected chi connectivity index (χ4v) is 5.73. The first kappa shape index (κ1) is 18.2. The number of nitrogens with zero attached hydrogens (tertiary/aromatic N) is 3. The van der Waals surface area contributed by atoms with Crippen molar-refractivity contribution in [3.63, 3.8) is 0 Å². The fourth-order valence-electron chi connectivity index (χ4n) is 3.81. The molecule has 0 N–H and O–H groups in total. The number of benzene rings is 2. The number of methoxy groups -OCH3 is 1. The Bertz CT molecular complexity index is 1050. The quantitative estimate of drug-likeness (QED) is 0.440. The van der Waals surface area contributed by atoms with E-state index < -0.39 is 32.9 Å². The van der Waals surface area contributed by atoms with Gasteiger partial charge in [-0.1, -0.05) is 6.07 Å². The molecule has 2 atom stereocenters. The van der Waals surface area contributed by atoms with Crippen LogP contribution in [0, 0.1) is 10.1 Å². The molecule has 0 aromatic heterocycles. The number of fused-ring (bicyclic) bond motifs is 1. The number of sulfone groups is 1. The van der Waals surface area contributed by atoms with Gasteiger partial charge in [-0.05, 0) is 30.3 Å². The van der Waals surface area contributed by atoms with Crippen LogP contribution in [0.3, 0.4) is 0 Å². The zero-order chi connectivity index (χ0) is 20.1. The summed E-state index contributed by atoms with van der Waals surface area (Å²) in [5.74, 6) is 0.279. The van der Waals surface area contributed by atoms with E-state index in [1.165, 1.54) is 35.1 Å². The molecule has 0 saturated carbocycles. The summed E-state index contributed by atoms with van der Waals surface area (Å²) in [6.45, 7) is 0. The summed E-state index contributed by atoms with van der Waals surface area (Å²) in [7, 11) is -1.82. The van der Waals surface area contributed by atoms with Gasteiger partial charge in [-0.15, -0.1) is 0 Å². The van der Waals surface area contributed by atoms with E-state index in [9.17, 15) is 23.3 Å². The molecular weight excluding hydrogens is 386 g/mol. The van der Waals surface area contributed by atoms with Crippen LogP contribution in [-0.2, 0) is 9.84 Å². The van der Waals surface area contributed by atoms with E-state index in [0.29, 0.717) is 17.1 Å². The third-order valence-corrected chi connectivity index (χ3v) is 6.74. The van der Waals surface area contributed by atoms with E-state index in [-0.39, 0.29) is 17.2 Å². The molecule has 0 bridgehead atoms. The number of rotatable bonds is 4. The Morgan fingerprint density at radius 3 is 2.21 bits per heavy atom. The molecule has 9 nitrogen and oxygen atoms in total. The number of amides is 2. The normalized spacial score (nSPS) is 23.0. The number of hydrogen-bond acceptors (Lipinski definition) is 6. The van der Waals surface area contributed by atoms with Gasteiger partial charge in [-0.25, -0.2) is 13.2 Å². The summed E-state index contributed by atoms with van der Waals surface area (Å²) in [6, 6.07) is 10.9. The minimum atomic E-state index is -3.34. The second-order valence-electron chi connectivity index (χ2n) is 6.71. The Morgan fingerprint density at radius 1 is 1.04 bits per heavy atom. The number of hydrogen-bond donors (Lipinski definition) is 0. The highest BCUT2D eigenvalue weighted by Gasteiger charge is 2.54. The van der Waals surface area contributed by atoms with Crippen molar-refractivity contribution in [3.8, 4) is 5.75 Å². The number of nitro benzene ring substituents is 1. The van der Waals surface area contributed by atoms with Gasteiger partial charge in [0.1, 0.15) is 5.75 Å². The highest BCUT2D eigenvalue weighted by atomic mass is 32.2. The highest BCUT2D eigenvalue weighted by Crippen LogP contribution is 2.39. The molecule has 4 rings (SSSR count). The van der Waals surface area contributed by atoms with Crippen LogP contribution in [0.15, 0.2) is 48.5 Å². The minimum Gasteiger partial charge on any atom is -0.497 e. The van der Waals surface area contributed by atoms with E-state index in [1.807, 2.05) is 0 Å². The van der Waals surface area contributed by atoms with Crippen LogP contribution < -0.4 is 14.5 Å². The molecule has 2 aliphatic rings. The highest BCUT2D eigenvalue weighted by molar-refractivity contribution is 7.91. The number of carbonyl (C=O) groups is 1. The zero-order valence-electron chi connectivity index (χ0n) is 14.9. The van der Waals surface area contributed by atoms with Crippen molar-refractivity contribution < 1.29 is 22.9 Å². The van der Waals surface area contributed by atoms with Crippen molar-refractivity contribution in [1.29, 1.82) is 0 Å². The molecule has 2 aromatic rings. The Balaban J connectivity index is 1.78. The second-order valence-corrected chi connectivity index (χ2v) is 8.86. The van der Waals surface area contributed by atoms with Gasteiger partial charge in [-0.2, -0.15) is 0 Å². The molecule has 2 aromatic carbocycles. The number of nitro groups is 1. The third kappa shape index (κ3) is 2.95. The SMILES string of the molecule is COc1ccc(N2C(=O)N(c3cccc([N+](=O)[O-])c3)[C@H]3CS(=O)(=O)C[C@H]32)cc1. The molecule has 2 fully saturated rings. The maximum absolute atomic E-state index is 13.2. The lowest BCUT2D eigenvalue weighted by molar-refractivity contribution is -0.384. The smallest absolute Gasteiger partial charge is 0.329 e. The van der Waals surface area contributed by atoms with Gasteiger partial charge in [0.05, 0.1) is 41.3 Å². The minimum absolute atomic E-state index is 0.152. The Labute approximate surface area is 161 Å². The standard InChI is InChI=1S/C18H17N3O6S/c1-27-15-7-5-12(6-8-15)19-16-10-28(25,26)11-17(16)20(18(19)22)13-3-2-4-14(9-13)21(23)24/h2-9,16-17H,10-11H2,1H3/t16-,17+/m1/s1. The first-order valence-corrected chi connectivity index (χ1v) is 10.3. The van der Waals surface area contributed by atoms with Gasteiger partial charge in [0.15, 0.2) is 9.84 Å². The maximum atomic E-state index is 13.2. The Morgan fingerprint density at radius 2 is 1.64 bits per heavy atom. The van der Waals surface area contributed by atoms with Crippen LogP contribution >= 0.6 is 0 Å². The monoisotopic (exact) mass is 403 g/mol. The first-order chi connectivity index (χ1) is 13.3. The van der Waals surface area contributed by atoms with Gasteiger partial charge < -0.3 is 4.74 Å². The molecule has 0 radical (unpaired) electrons. The van der Waals surface area contributed by atoms with Gasteiger partial charge in [0, 0.05) is 17.8 Å². The lowest BCUT2D eigenvalue weighted by atomic mass is 10.1. The summed E-state index contributed by atoms with van der Waals surface area (Å²) in [6.07, 6.45) is 0. The van der Waals surface area contributed by atoms with Gasteiger partial charge in [-0.3, -0.25) is 19.9 Å². The first-order valence-electron chi connectivity index (χ1n) is 8.52. The molecule has 28 heavy (non-hydrogen) atoms. The van der Waals surface area contributed by atoms with E-state index in [0.717, 1.165) is 0 Å². The number of carbonyl (C=O) groups excluding carboxylic acids is 1. The predicted octanol–water partition coefficient (Wildman–Crippen LogP) is 2.22. The van der Waals surface area contributed by atoms with Crippen LogP contribution in [0.4, 0.5) is 21.9 Å². The molecule has 146 valence electrons. The van der Waals surface area contributed by atoms with Gasteiger partial charge in [0.2, 0.25) is 0 Å². The van der Waals surface area contributed by atoms with E-state index in [4.69, 9.17) is 4.74 Å². The summed E-state index contributed by atoms with van der Waals surface area (Å²) in [5.41, 5.74) is 0.693. The average molecular weight is 403 g/mol. The largest absolute Gasteiger partial charge is 0.497 e.